The Kier molecular flexibility index (Phi) is 6.02. The molecule has 0 aromatic carbocycles. The Labute approximate surface area is 116 Å². The van der Waals surface area contributed by atoms with Gasteiger partial charge in [-0.1, -0.05) is 32.4 Å². The van der Waals surface area contributed by atoms with E-state index in [1.54, 1.807) is 0 Å². The lowest BCUT2D eigenvalue weighted by molar-refractivity contribution is 0.684. The Hall–Kier alpha value is -0.680. The third kappa shape index (κ3) is 4.21. The maximum atomic E-state index is 11.3. The molecule has 1 aromatic rings. The summed E-state index contributed by atoms with van der Waals surface area (Å²) >= 11 is 6.08. The van der Waals surface area contributed by atoms with E-state index in [-0.39, 0.29) is 5.92 Å². The van der Waals surface area contributed by atoms with Crippen LogP contribution in [0.2, 0.25) is 5.15 Å². The molecule has 0 aliphatic carbocycles. The highest BCUT2D eigenvalue weighted by molar-refractivity contribution is 7.84. The summed E-state index contributed by atoms with van der Waals surface area (Å²) in [5, 5.41) is 3.67. The van der Waals surface area contributed by atoms with Gasteiger partial charge in [0.05, 0.1) is 0 Å². The van der Waals surface area contributed by atoms with Gasteiger partial charge in [-0.3, -0.25) is 4.21 Å². The van der Waals surface area contributed by atoms with Crippen molar-refractivity contribution in [2.75, 3.05) is 23.4 Å². The zero-order valence-corrected chi connectivity index (χ0v) is 12.9. The molecular weight excluding hydrogens is 270 g/mol. The molecule has 0 bridgehead atoms. The van der Waals surface area contributed by atoms with E-state index < -0.39 is 10.8 Å². The third-order valence-corrected chi connectivity index (χ3v) is 4.24. The maximum Gasteiger partial charge on any atom is 0.137 e. The molecule has 6 heteroatoms. The van der Waals surface area contributed by atoms with Crippen LogP contribution in [0.5, 0.6) is 0 Å². The second kappa shape index (κ2) is 7.04. The summed E-state index contributed by atoms with van der Waals surface area (Å²) in [7, 11) is -0.766. The molecular formula is C12H20ClN3OS. The lowest BCUT2D eigenvalue weighted by atomic mass is 10.2. The first-order valence-electron chi connectivity index (χ1n) is 6.08. The average molecular weight is 290 g/mol. The van der Waals surface area contributed by atoms with Crippen molar-refractivity contribution >= 4 is 28.2 Å². The van der Waals surface area contributed by atoms with Crippen LogP contribution in [0.3, 0.4) is 0 Å². The van der Waals surface area contributed by atoms with Crippen LogP contribution in [0, 0.1) is 6.92 Å². The highest BCUT2D eigenvalue weighted by Crippen LogP contribution is 2.22. The summed E-state index contributed by atoms with van der Waals surface area (Å²) in [5.74, 6) is 3.00. The first-order valence-corrected chi connectivity index (χ1v) is 7.95. The Morgan fingerprint density at radius 1 is 1.39 bits per heavy atom. The third-order valence-electron chi connectivity index (χ3n) is 2.56. The zero-order valence-electron chi connectivity index (χ0n) is 11.3. The van der Waals surface area contributed by atoms with Crippen molar-refractivity contribution in [2.24, 2.45) is 0 Å². The van der Waals surface area contributed by atoms with Crippen LogP contribution in [0.25, 0.3) is 0 Å². The van der Waals surface area contributed by atoms with Crippen LogP contribution >= 0.6 is 11.6 Å². The molecule has 102 valence electrons. The predicted octanol–water partition coefficient (Wildman–Crippen LogP) is 2.74. The van der Waals surface area contributed by atoms with E-state index in [0.717, 1.165) is 17.2 Å². The number of anilines is 1. The van der Waals surface area contributed by atoms with Gasteiger partial charge in [0.25, 0.3) is 0 Å². The monoisotopic (exact) mass is 289 g/mol. The molecule has 18 heavy (non-hydrogen) atoms. The summed E-state index contributed by atoms with van der Waals surface area (Å²) < 4.78 is 11.3. The quantitative estimate of drug-likeness (QED) is 0.818. The maximum absolute atomic E-state index is 11.3. The Morgan fingerprint density at radius 2 is 2.06 bits per heavy atom. The van der Waals surface area contributed by atoms with Crippen molar-refractivity contribution in [1.82, 2.24) is 9.97 Å². The van der Waals surface area contributed by atoms with Gasteiger partial charge in [-0.25, -0.2) is 9.97 Å². The van der Waals surface area contributed by atoms with E-state index in [2.05, 4.69) is 15.3 Å². The van der Waals surface area contributed by atoms with Crippen molar-refractivity contribution < 1.29 is 4.21 Å². The van der Waals surface area contributed by atoms with Crippen LogP contribution in [0.15, 0.2) is 0 Å². The SMILES string of the molecule is CCS(=O)CCNc1nc(C(C)C)nc(Cl)c1C. The largest absolute Gasteiger partial charge is 0.369 e. The van der Waals surface area contributed by atoms with Crippen LogP contribution in [-0.4, -0.2) is 32.2 Å². The lowest BCUT2D eigenvalue weighted by Gasteiger charge is -2.12. The van der Waals surface area contributed by atoms with Crippen molar-refractivity contribution in [3.8, 4) is 0 Å². The molecule has 0 spiro atoms. The van der Waals surface area contributed by atoms with E-state index in [1.165, 1.54) is 0 Å². The number of hydrogen-bond donors (Lipinski definition) is 1. The van der Waals surface area contributed by atoms with Gasteiger partial charge in [-0.2, -0.15) is 0 Å². The van der Waals surface area contributed by atoms with Crippen LogP contribution in [0.1, 0.15) is 38.1 Å². The lowest BCUT2D eigenvalue weighted by Crippen LogP contribution is -2.15. The molecule has 0 aliphatic rings. The Bertz CT molecular complexity index is 438. The molecule has 0 radical (unpaired) electrons. The van der Waals surface area contributed by atoms with Crippen LogP contribution < -0.4 is 5.32 Å². The van der Waals surface area contributed by atoms with Crippen LogP contribution in [-0.2, 0) is 10.8 Å². The first kappa shape index (κ1) is 15.4. The molecule has 1 unspecified atom stereocenters. The molecule has 1 heterocycles. The molecule has 1 N–H and O–H groups in total. The van der Waals surface area contributed by atoms with E-state index in [4.69, 9.17) is 11.6 Å². The molecule has 0 amide bonds. The second-order valence-electron chi connectivity index (χ2n) is 4.36. The van der Waals surface area contributed by atoms with Crippen molar-refractivity contribution in [3.05, 3.63) is 16.5 Å². The van der Waals surface area contributed by atoms with E-state index in [9.17, 15) is 4.21 Å². The van der Waals surface area contributed by atoms with Crippen LogP contribution in [0.4, 0.5) is 5.82 Å². The topological polar surface area (TPSA) is 54.9 Å². The number of nitrogens with zero attached hydrogens (tertiary/aromatic N) is 2. The van der Waals surface area contributed by atoms with Gasteiger partial charge in [-0.05, 0) is 6.92 Å². The highest BCUT2D eigenvalue weighted by atomic mass is 35.5. The molecule has 0 saturated heterocycles. The molecule has 1 rings (SSSR count). The minimum Gasteiger partial charge on any atom is -0.369 e. The predicted molar refractivity (Wildman–Crippen MR) is 77.9 cm³/mol. The number of hydrogen-bond acceptors (Lipinski definition) is 4. The number of halogens is 1. The van der Waals surface area contributed by atoms with E-state index in [0.29, 0.717) is 23.2 Å². The summed E-state index contributed by atoms with van der Waals surface area (Å²) in [6.07, 6.45) is 0. The Balaban J connectivity index is 2.78. The standard InChI is InChI=1S/C12H20ClN3OS/c1-5-18(17)7-6-14-12-9(4)10(13)15-11(16-12)8(2)3/h8H,5-7H2,1-4H3,(H,14,15,16). The minimum atomic E-state index is -0.766. The molecule has 4 nitrogen and oxygen atoms in total. The summed E-state index contributed by atoms with van der Waals surface area (Å²) in [5.41, 5.74) is 0.836. The Morgan fingerprint density at radius 3 is 2.61 bits per heavy atom. The van der Waals surface area contributed by atoms with Gasteiger partial charge >= 0.3 is 0 Å². The second-order valence-corrected chi connectivity index (χ2v) is 6.58. The molecule has 0 fully saturated rings. The minimum absolute atomic E-state index is 0.230. The van der Waals surface area contributed by atoms with Gasteiger partial charge in [0.1, 0.15) is 16.8 Å². The smallest absolute Gasteiger partial charge is 0.137 e. The fraction of sp³-hybridized carbons (Fsp3) is 0.667. The van der Waals surface area contributed by atoms with Crippen molar-refractivity contribution in [2.45, 2.75) is 33.6 Å². The fourth-order valence-corrected chi connectivity index (χ4v) is 2.16. The van der Waals surface area contributed by atoms with E-state index >= 15 is 0 Å². The molecule has 0 saturated carbocycles. The van der Waals surface area contributed by atoms with Crippen molar-refractivity contribution in [1.29, 1.82) is 0 Å². The highest BCUT2D eigenvalue weighted by Gasteiger charge is 2.11. The summed E-state index contributed by atoms with van der Waals surface area (Å²) in [6.45, 7) is 8.48. The van der Waals surface area contributed by atoms with Gasteiger partial charge < -0.3 is 5.32 Å². The molecule has 0 aliphatic heterocycles. The number of rotatable bonds is 6. The van der Waals surface area contributed by atoms with Gasteiger partial charge in [0.2, 0.25) is 0 Å². The van der Waals surface area contributed by atoms with E-state index in [1.807, 2.05) is 27.7 Å². The fourth-order valence-electron chi connectivity index (χ4n) is 1.36. The normalized spacial score (nSPS) is 12.8. The molecule has 1 aromatic heterocycles. The first-order chi connectivity index (χ1) is 8.45. The van der Waals surface area contributed by atoms with Gasteiger partial charge in [0, 0.05) is 40.3 Å². The number of nitrogens with one attached hydrogen (secondary N) is 1. The molecule has 1 atom stereocenters. The summed E-state index contributed by atoms with van der Waals surface area (Å²) in [4.78, 5) is 8.70. The van der Waals surface area contributed by atoms with Gasteiger partial charge in [0.15, 0.2) is 0 Å². The van der Waals surface area contributed by atoms with Crippen molar-refractivity contribution in [3.63, 3.8) is 0 Å². The summed E-state index contributed by atoms with van der Waals surface area (Å²) in [6, 6.07) is 0. The average Bonchev–Trinajstić information content (AvgIpc) is 2.33. The number of aromatic nitrogens is 2. The van der Waals surface area contributed by atoms with Gasteiger partial charge in [-0.15, -0.1) is 0 Å². The zero-order chi connectivity index (χ0) is 13.7.